The molecule has 0 aliphatic heterocycles. The first kappa shape index (κ1) is 20.0. The Bertz CT molecular complexity index is 1150. The SMILES string of the molecule is O=C(NCc1ccccc1Cl)Nc1ccc(Sc2nc3ccccc3s2)c(Cl)c1. The second-order valence-electron chi connectivity index (χ2n) is 6.09. The number of aromatic nitrogens is 1. The average molecular weight is 460 g/mol. The summed E-state index contributed by atoms with van der Waals surface area (Å²) in [5.41, 5.74) is 2.44. The molecule has 29 heavy (non-hydrogen) atoms. The van der Waals surface area contributed by atoms with Gasteiger partial charge in [0.2, 0.25) is 0 Å². The van der Waals surface area contributed by atoms with Crippen molar-refractivity contribution in [2.45, 2.75) is 15.8 Å². The predicted octanol–water partition coefficient (Wildman–Crippen LogP) is 7.08. The summed E-state index contributed by atoms with van der Waals surface area (Å²) < 4.78 is 2.06. The number of anilines is 1. The monoisotopic (exact) mass is 459 g/mol. The first-order valence-electron chi connectivity index (χ1n) is 8.70. The molecule has 2 amide bonds. The van der Waals surface area contributed by atoms with Crippen LogP contribution in [0.5, 0.6) is 0 Å². The van der Waals surface area contributed by atoms with E-state index in [9.17, 15) is 4.79 Å². The summed E-state index contributed by atoms with van der Waals surface area (Å²) in [5, 5.41) is 6.74. The van der Waals surface area contributed by atoms with Crippen LogP contribution in [0.3, 0.4) is 0 Å². The molecule has 0 unspecified atom stereocenters. The molecule has 0 saturated carbocycles. The molecular formula is C21H15Cl2N3OS2. The van der Waals surface area contributed by atoms with E-state index in [1.807, 2.05) is 54.6 Å². The van der Waals surface area contributed by atoms with Crippen LogP contribution in [-0.4, -0.2) is 11.0 Å². The Balaban J connectivity index is 1.39. The Morgan fingerprint density at radius 1 is 1.00 bits per heavy atom. The molecule has 4 nitrogen and oxygen atoms in total. The van der Waals surface area contributed by atoms with Crippen LogP contribution in [0.25, 0.3) is 10.2 Å². The molecule has 0 bridgehead atoms. The van der Waals surface area contributed by atoms with E-state index in [1.165, 1.54) is 11.8 Å². The summed E-state index contributed by atoms with van der Waals surface area (Å²) in [6.45, 7) is 0.338. The number of fused-ring (bicyclic) bond motifs is 1. The summed E-state index contributed by atoms with van der Waals surface area (Å²) in [6.07, 6.45) is 0. The highest BCUT2D eigenvalue weighted by Gasteiger charge is 2.10. The zero-order valence-corrected chi connectivity index (χ0v) is 18.1. The van der Waals surface area contributed by atoms with E-state index in [-0.39, 0.29) is 6.03 Å². The highest BCUT2D eigenvalue weighted by Crippen LogP contribution is 2.38. The van der Waals surface area contributed by atoms with Crippen molar-refractivity contribution in [3.05, 3.63) is 82.3 Å². The van der Waals surface area contributed by atoms with Gasteiger partial charge in [-0.15, -0.1) is 11.3 Å². The fourth-order valence-corrected chi connectivity index (χ4v) is 5.17. The van der Waals surface area contributed by atoms with Gasteiger partial charge in [-0.2, -0.15) is 0 Å². The van der Waals surface area contributed by atoms with Crippen molar-refractivity contribution >= 4 is 68.2 Å². The quantitative estimate of drug-likeness (QED) is 0.335. The van der Waals surface area contributed by atoms with Gasteiger partial charge in [0.1, 0.15) is 0 Å². The van der Waals surface area contributed by atoms with Gasteiger partial charge in [0.15, 0.2) is 4.34 Å². The van der Waals surface area contributed by atoms with Crippen molar-refractivity contribution < 1.29 is 4.79 Å². The second-order valence-corrected chi connectivity index (χ2v) is 9.23. The lowest BCUT2D eigenvalue weighted by Crippen LogP contribution is -2.28. The maximum Gasteiger partial charge on any atom is 0.319 e. The predicted molar refractivity (Wildman–Crippen MR) is 123 cm³/mol. The molecule has 0 aliphatic rings. The number of benzene rings is 3. The van der Waals surface area contributed by atoms with Gasteiger partial charge in [-0.3, -0.25) is 0 Å². The van der Waals surface area contributed by atoms with Crippen LogP contribution < -0.4 is 10.6 Å². The summed E-state index contributed by atoms with van der Waals surface area (Å²) in [5.74, 6) is 0. The zero-order valence-electron chi connectivity index (χ0n) is 15.0. The van der Waals surface area contributed by atoms with Crippen LogP contribution in [-0.2, 0) is 6.54 Å². The van der Waals surface area contributed by atoms with E-state index >= 15 is 0 Å². The smallest absolute Gasteiger partial charge is 0.319 e. The lowest BCUT2D eigenvalue weighted by Gasteiger charge is -2.10. The molecule has 3 aromatic carbocycles. The number of nitrogens with one attached hydrogen (secondary N) is 2. The summed E-state index contributed by atoms with van der Waals surface area (Å²) in [6, 6.07) is 20.5. The number of carbonyl (C=O) groups excluding carboxylic acids is 1. The molecule has 0 atom stereocenters. The van der Waals surface area contributed by atoms with Crippen molar-refractivity contribution in [2.24, 2.45) is 0 Å². The van der Waals surface area contributed by atoms with Crippen molar-refractivity contribution in [1.82, 2.24) is 10.3 Å². The van der Waals surface area contributed by atoms with Gasteiger partial charge in [-0.05, 0) is 42.0 Å². The Morgan fingerprint density at radius 2 is 1.79 bits per heavy atom. The molecular weight excluding hydrogens is 445 g/mol. The molecule has 0 fully saturated rings. The fourth-order valence-electron chi connectivity index (χ4n) is 2.64. The fraction of sp³-hybridized carbons (Fsp3) is 0.0476. The molecule has 1 heterocycles. The topological polar surface area (TPSA) is 54.0 Å². The zero-order chi connectivity index (χ0) is 20.2. The number of carbonyl (C=O) groups is 1. The molecule has 8 heteroatoms. The number of thiazole rings is 1. The third-order valence-corrected chi connectivity index (χ3v) is 7.02. The first-order chi connectivity index (χ1) is 14.1. The molecule has 4 aromatic rings. The van der Waals surface area contributed by atoms with Gasteiger partial charge in [-0.1, -0.05) is 65.3 Å². The lowest BCUT2D eigenvalue weighted by molar-refractivity contribution is 0.251. The summed E-state index contributed by atoms with van der Waals surface area (Å²) >= 11 is 15.7. The number of nitrogens with zero attached hydrogens (tertiary/aromatic N) is 1. The van der Waals surface area contributed by atoms with Crippen LogP contribution in [0, 0.1) is 0 Å². The minimum atomic E-state index is -0.326. The number of amides is 2. The molecule has 0 spiro atoms. The van der Waals surface area contributed by atoms with Gasteiger partial charge >= 0.3 is 6.03 Å². The van der Waals surface area contributed by atoms with Crippen LogP contribution in [0.15, 0.2) is 76.0 Å². The molecule has 1 aromatic heterocycles. The normalized spacial score (nSPS) is 10.8. The van der Waals surface area contributed by atoms with Crippen LogP contribution >= 0.6 is 46.3 Å². The number of hydrogen-bond donors (Lipinski definition) is 2. The average Bonchev–Trinajstić information content (AvgIpc) is 3.12. The van der Waals surface area contributed by atoms with E-state index in [1.54, 1.807) is 23.5 Å². The molecule has 0 saturated heterocycles. The lowest BCUT2D eigenvalue weighted by atomic mass is 10.2. The third-order valence-electron chi connectivity index (χ3n) is 4.06. The minimum Gasteiger partial charge on any atom is -0.334 e. The van der Waals surface area contributed by atoms with Crippen molar-refractivity contribution in [1.29, 1.82) is 0 Å². The van der Waals surface area contributed by atoms with E-state index in [0.717, 1.165) is 25.0 Å². The Labute approximate surface area is 186 Å². The molecule has 0 radical (unpaired) electrons. The first-order valence-corrected chi connectivity index (χ1v) is 11.1. The number of rotatable bonds is 5. The van der Waals surface area contributed by atoms with Crippen LogP contribution in [0.4, 0.5) is 10.5 Å². The number of halogens is 2. The van der Waals surface area contributed by atoms with E-state index in [0.29, 0.717) is 22.3 Å². The maximum atomic E-state index is 12.2. The summed E-state index contributed by atoms with van der Waals surface area (Å²) in [4.78, 5) is 17.7. The van der Waals surface area contributed by atoms with Gasteiger partial charge in [0.05, 0.1) is 15.2 Å². The van der Waals surface area contributed by atoms with Gasteiger partial charge < -0.3 is 10.6 Å². The largest absolute Gasteiger partial charge is 0.334 e. The van der Waals surface area contributed by atoms with Crippen LogP contribution in [0.2, 0.25) is 10.0 Å². The molecule has 146 valence electrons. The van der Waals surface area contributed by atoms with Gasteiger partial charge in [-0.25, -0.2) is 9.78 Å². The highest BCUT2D eigenvalue weighted by atomic mass is 35.5. The Kier molecular flexibility index (Phi) is 6.25. The van der Waals surface area contributed by atoms with E-state index in [2.05, 4.69) is 15.6 Å². The molecule has 2 N–H and O–H groups in total. The van der Waals surface area contributed by atoms with Crippen molar-refractivity contribution in [3.8, 4) is 0 Å². The number of para-hydroxylation sites is 1. The van der Waals surface area contributed by atoms with Crippen molar-refractivity contribution in [2.75, 3.05) is 5.32 Å². The Hall–Kier alpha value is -2.25. The number of hydrogen-bond acceptors (Lipinski definition) is 4. The van der Waals surface area contributed by atoms with Crippen LogP contribution in [0.1, 0.15) is 5.56 Å². The number of urea groups is 1. The third kappa shape index (κ3) is 5.03. The van der Waals surface area contributed by atoms with Crippen molar-refractivity contribution in [3.63, 3.8) is 0 Å². The minimum absolute atomic E-state index is 0.326. The van der Waals surface area contributed by atoms with Gasteiger partial charge in [0.25, 0.3) is 0 Å². The van der Waals surface area contributed by atoms with Gasteiger partial charge in [0, 0.05) is 22.2 Å². The summed E-state index contributed by atoms with van der Waals surface area (Å²) in [7, 11) is 0. The highest BCUT2D eigenvalue weighted by molar-refractivity contribution is 8.01. The second kappa shape index (κ2) is 9.05. The standard InChI is InChI=1S/C21H15Cl2N3OS2/c22-15-6-2-1-5-13(15)12-24-20(27)25-14-9-10-18(16(23)11-14)28-21-26-17-7-3-4-8-19(17)29-21/h1-11H,12H2,(H2,24,25,27). The molecule has 4 rings (SSSR count). The molecule has 0 aliphatic carbocycles. The maximum absolute atomic E-state index is 12.2. The van der Waals surface area contributed by atoms with E-state index in [4.69, 9.17) is 23.2 Å². The van der Waals surface area contributed by atoms with E-state index < -0.39 is 0 Å². The Morgan fingerprint density at radius 3 is 2.59 bits per heavy atom.